The fourth-order valence-corrected chi connectivity index (χ4v) is 4.26. The van der Waals surface area contributed by atoms with Gasteiger partial charge in [0.15, 0.2) is 11.5 Å². The SMILES string of the molecule is N#Cc1cccc(C2C3=C(COC3=O)N(CCO)c3cc4c(cc32)OCCO4)c1. The molecule has 0 bridgehead atoms. The molecule has 29 heavy (non-hydrogen) atoms. The van der Waals surface area contributed by atoms with Crippen LogP contribution in [0.25, 0.3) is 0 Å². The summed E-state index contributed by atoms with van der Waals surface area (Å²) in [6.07, 6.45) is 0. The highest BCUT2D eigenvalue weighted by Crippen LogP contribution is 2.50. The lowest BCUT2D eigenvalue weighted by atomic mass is 9.80. The molecule has 2 aromatic carbocycles. The van der Waals surface area contributed by atoms with Gasteiger partial charge in [-0.3, -0.25) is 0 Å². The van der Waals surface area contributed by atoms with Crippen LogP contribution in [0.15, 0.2) is 47.7 Å². The number of nitrogens with zero attached hydrogens (tertiary/aromatic N) is 2. The summed E-state index contributed by atoms with van der Waals surface area (Å²) in [7, 11) is 0. The minimum absolute atomic E-state index is 0.0760. The molecule has 7 heteroatoms. The minimum Gasteiger partial charge on any atom is -0.486 e. The Balaban J connectivity index is 1.77. The van der Waals surface area contributed by atoms with E-state index in [4.69, 9.17) is 14.2 Å². The Kier molecular flexibility index (Phi) is 4.14. The summed E-state index contributed by atoms with van der Waals surface area (Å²) >= 11 is 0. The van der Waals surface area contributed by atoms with Gasteiger partial charge in [-0.2, -0.15) is 5.26 Å². The highest BCUT2D eigenvalue weighted by molar-refractivity contribution is 5.97. The fraction of sp³-hybridized carbons (Fsp3) is 0.273. The van der Waals surface area contributed by atoms with E-state index in [0.29, 0.717) is 42.4 Å². The molecule has 0 fully saturated rings. The maximum atomic E-state index is 12.7. The van der Waals surface area contributed by atoms with Crippen LogP contribution in [0, 0.1) is 11.3 Å². The average molecular weight is 390 g/mol. The number of hydrogen-bond donors (Lipinski definition) is 1. The second kappa shape index (κ2) is 6.83. The molecule has 0 spiro atoms. The molecule has 1 N–H and O–H groups in total. The van der Waals surface area contributed by atoms with Crippen LogP contribution in [0.5, 0.6) is 11.5 Å². The number of esters is 1. The molecule has 0 amide bonds. The predicted octanol–water partition coefficient (Wildman–Crippen LogP) is 2.08. The Morgan fingerprint density at radius 3 is 2.69 bits per heavy atom. The first-order chi connectivity index (χ1) is 14.2. The first kappa shape index (κ1) is 17.6. The highest BCUT2D eigenvalue weighted by atomic mass is 16.6. The number of rotatable bonds is 3. The van der Waals surface area contributed by atoms with Crippen molar-refractivity contribution in [1.82, 2.24) is 0 Å². The molecule has 1 atom stereocenters. The lowest BCUT2D eigenvalue weighted by molar-refractivity contribution is -0.136. The van der Waals surface area contributed by atoms with Crippen molar-refractivity contribution in [3.8, 4) is 17.6 Å². The lowest BCUT2D eigenvalue weighted by Gasteiger charge is -2.36. The molecule has 1 unspecified atom stereocenters. The molecule has 3 aliphatic rings. The number of cyclic esters (lactones) is 1. The first-order valence-electron chi connectivity index (χ1n) is 9.43. The molecule has 0 radical (unpaired) electrons. The van der Waals surface area contributed by atoms with Crippen LogP contribution in [0.1, 0.15) is 22.6 Å². The molecule has 5 rings (SSSR count). The van der Waals surface area contributed by atoms with Crippen LogP contribution in [0.2, 0.25) is 0 Å². The molecule has 7 nitrogen and oxygen atoms in total. The monoisotopic (exact) mass is 390 g/mol. The number of carbonyl (C=O) groups is 1. The van der Waals surface area contributed by atoms with E-state index >= 15 is 0 Å². The van der Waals surface area contributed by atoms with Gasteiger partial charge in [0.2, 0.25) is 0 Å². The molecule has 0 aromatic heterocycles. The summed E-state index contributed by atoms with van der Waals surface area (Å²) in [5.74, 6) is 0.484. The number of aliphatic hydroxyl groups is 1. The maximum absolute atomic E-state index is 12.7. The number of nitriles is 1. The summed E-state index contributed by atoms with van der Waals surface area (Å²) in [6, 6.07) is 13.2. The quantitative estimate of drug-likeness (QED) is 0.802. The second-order valence-electron chi connectivity index (χ2n) is 7.04. The van der Waals surface area contributed by atoms with Crippen molar-refractivity contribution in [3.05, 3.63) is 64.4 Å². The van der Waals surface area contributed by atoms with Crippen LogP contribution in [0.4, 0.5) is 5.69 Å². The van der Waals surface area contributed by atoms with Gasteiger partial charge in [-0.15, -0.1) is 0 Å². The third-order valence-corrected chi connectivity index (χ3v) is 5.45. The average Bonchev–Trinajstić information content (AvgIpc) is 3.14. The van der Waals surface area contributed by atoms with Crippen molar-refractivity contribution >= 4 is 11.7 Å². The zero-order valence-corrected chi connectivity index (χ0v) is 15.6. The van der Waals surface area contributed by atoms with E-state index in [0.717, 1.165) is 22.5 Å². The van der Waals surface area contributed by atoms with Crippen molar-refractivity contribution in [1.29, 1.82) is 5.26 Å². The van der Waals surface area contributed by atoms with Crippen molar-refractivity contribution in [2.75, 3.05) is 37.9 Å². The fourth-order valence-electron chi connectivity index (χ4n) is 4.26. The lowest BCUT2D eigenvalue weighted by Crippen LogP contribution is -2.33. The Morgan fingerprint density at radius 2 is 1.93 bits per heavy atom. The van der Waals surface area contributed by atoms with Gasteiger partial charge in [-0.1, -0.05) is 12.1 Å². The van der Waals surface area contributed by atoms with Crippen molar-refractivity contribution in [2.45, 2.75) is 5.92 Å². The summed E-state index contributed by atoms with van der Waals surface area (Å²) < 4.78 is 16.9. The molecule has 0 saturated carbocycles. The van der Waals surface area contributed by atoms with Crippen LogP contribution in [-0.4, -0.2) is 44.0 Å². The van der Waals surface area contributed by atoms with Crippen LogP contribution >= 0.6 is 0 Å². The van der Waals surface area contributed by atoms with Gasteiger partial charge < -0.3 is 24.2 Å². The number of ether oxygens (including phenoxy) is 3. The Bertz CT molecular complexity index is 1090. The molecule has 0 aliphatic carbocycles. The number of aliphatic hydroxyl groups excluding tert-OH is 1. The summed E-state index contributed by atoms with van der Waals surface area (Å²) in [5.41, 5.74) is 4.33. The zero-order valence-electron chi connectivity index (χ0n) is 15.6. The Morgan fingerprint density at radius 1 is 1.14 bits per heavy atom. The van der Waals surface area contributed by atoms with Crippen LogP contribution in [-0.2, 0) is 9.53 Å². The number of hydrogen-bond acceptors (Lipinski definition) is 7. The molecular weight excluding hydrogens is 372 g/mol. The van der Waals surface area contributed by atoms with Crippen LogP contribution in [0.3, 0.4) is 0 Å². The van der Waals surface area contributed by atoms with Crippen molar-refractivity contribution in [3.63, 3.8) is 0 Å². The van der Waals surface area contributed by atoms with Gasteiger partial charge in [0.05, 0.1) is 29.5 Å². The molecule has 2 aromatic rings. The summed E-state index contributed by atoms with van der Waals surface area (Å²) in [5, 5.41) is 19.0. The molecule has 146 valence electrons. The van der Waals surface area contributed by atoms with Gasteiger partial charge in [-0.05, 0) is 29.3 Å². The standard InChI is InChI=1S/C22H18N2O5/c23-11-13-2-1-3-14(8-13)20-15-9-18-19(28-7-6-27-18)10-16(15)24(4-5-25)17-12-29-22(26)21(17)20/h1-3,8-10,20,25H,4-7,12H2. The largest absolute Gasteiger partial charge is 0.486 e. The smallest absolute Gasteiger partial charge is 0.337 e. The number of anilines is 1. The van der Waals surface area contributed by atoms with E-state index in [1.807, 2.05) is 29.2 Å². The topological polar surface area (TPSA) is 92.0 Å². The third-order valence-electron chi connectivity index (χ3n) is 5.45. The number of fused-ring (bicyclic) bond motifs is 2. The van der Waals surface area contributed by atoms with E-state index in [1.165, 1.54) is 0 Å². The van der Waals surface area contributed by atoms with Gasteiger partial charge in [0.25, 0.3) is 0 Å². The van der Waals surface area contributed by atoms with E-state index in [2.05, 4.69) is 6.07 Å². The molecule has 3 aliphatic heterocycles. The van der Waals surface area contributed by atoms with Gasteiger partial charge in [-0.25, -0.2) is 4.79 Å². The summed E-state index contributed by atoms with van der Waals surface area (Å²) in [6.45, 7) is 1.32. The number of carbonyl (C=O) groups excluding carboxylic acids is 1. The molecule has 3 heterocycles. The minimum atomic E-state index is -0.394. The molecular formula is C22H18N2O5. The number of benzene rings is 2. The maximum Gasteiger partial charge on any atom is 0.337 e. The Labute approximate surface area is 167 Å². The van der Waals surface area contributed by atoms with E-state index in [1.54, 1.807) is 12.1 Å². The number of β-amino-alcohol motifs (C(OH)–C–C–N with tert-alkyl or cyclic N) is 1. The second-order valence-corrected chi connectivity index (χ2v) is 7.04. The van der Waals surface area contributed by atoms with Gasteiger partial charge in [0.1, 0.15) is 19.8 Å². The zero-order chi connectivity index (χ0) is 20.0. The summed E-state index contributed by atoms with van der Waals surface area (Å²) in [4.78, 5) is 14.6. The molecule has 0 saturated heterocycles. The van der Waals surface area contributed by atoms with Gasteiger partial charge >= 0.3 is 5.97 Å². The third kappa shape index (κ3) is 2.72. The van der Waals surface area contributed by atoms with E-state index in [9.17, 15) is 15.2 Å². The van der Waals surface area contributed by atoms with Crippen molar-refractivity contribution in [2.24, 2.45) is 0 Å². The van der Waals surface area contributed by atoms with E-state index in [-0.39, 0.29) is 19.2 Å². The van der Waals surface area contributed by atoms with Gasteiger partial charge in [0, 0.05) is 24.2 Å². The first-order valence-corrected chi connectivity index (χ1v) is 9.43. The predicted molar refractivity (Wildman–Crippen MR) is 103 cm³/mol. The van der Waals surface area contributed by atoms with E-state index < -0.39 is 5.92 Å². The normalized spacial score (nSPS) is 19.4. The highest BCUT2D eigenvalue weighted by Gasteiger charge is 2.42. The Hall–Kier alpha value is -3.50. The van der Waals surface area contributed by atoms with Crippen LogP contribution < -0.4 is 14.4 Å². The van der Waals surface area contributed by atoms with Crippen molar-refractivity contribution < 1.29 is 24.1 Å².